The molecule has 0 fully saturated rings. The summed E-state index contributed by atoms with van der Waals surface area (Å²) < 4.78 is 2.19. The van der Waals surface area contributed by atoms with Gasteiger partial charge < -0.3 is 4.57 Å². The molecule has 0 N–H and O–H groups in total. The Morgan fingerprint density at radius 2 is 1.80 bits per heavy atom. The van der Waals surface area contributed by atoms with Gasteiger partial charge in [-0.05, 0) is 29.3 Å². The van der Waals surface area contributed by atoms with Crippen LogP contribution in [0.1, 0.15) is 11.1 Å². The Balaban J connectivity index is 2.03. The van der Waals surface area contributed by atoms with E-state index in [9.17, 15) is 0 Å². The largest absolute Gasteiger partial charge is 0.343 e. The molecule has 0 bridgehead atoms. The van der Waals surface area contributed by atoms with Crippen LogP contribution in [-0.2, 0) is 13.0 Å². The van der Waals surface area contributed by atoms with Crippen molar-refractivity contribution in [3.8, 4) is 6.07 Å². The van der Waals surface area contributed by atoms with Gasteiger partial charge in [0, 0.05) is 28.7 Å². The number of hydrogen-bond acceptors (Lipinski definition) is 1. The predicted octanol–water partition coefficient (Wildman–Crippen LogP) is 4.41. The van der Waals surface area contributed by atoms with E-state index in [1.165, 1.54) is 5.56 Å². The molecule has 20 heavy (non-hydrogen) atoms. The lowest BCUT2D eigenvalue weighted by atomic mass is 10.1. The lowest BCUT2D eigenvalue weighted by molar-refractivity contribution is 0.833. The zero-order chi connectivity index (χ0) is 13.9. The summed E-state index contributed by atoms with van der Waals surface area (Å²) in [7, 11) is 0. The molecule has 0 unspecified atom stereocenters. The molecule has 0 amide bonds. The molecule has 0 saturated carbocycles. The van der Waals surface area contributed by atoms with Crippen LogP contribution in [0.15, 0.2) is 54.7 Å². The van der Waals surface area contributed by atoms with E-state index in [-0.39, 0.29) is 0 Å². The third-order valence-corrected chi connectivity index (χ3v) is 3.66. The maximum atomic E-state index is 8.93. The summed E-state index contributed by atoms with van der Waals surface area (Å²) in [6, 6.07) is 18.3. The Bertz CT molecular complexity index is 779. The highest BCUT2D eigenvalue weighted by Crippen LogP contribution is 2.23. The van der Waals surface area contributed by atoms with Gasteiger partial charge >= 0.3 is 0 Å². The summed E-state index contributed by atoms with van der Waals surface area (Å²) in [4.78, 5) is 0. The first kappa shape index (κ1) is 12.8. The molecule has 2 aromatic carbocycles. The summed E-state index contributed by atoms with van der Waals surface area (Å²) in [5.41, 5.74) is 3.43. The SMILES string of the molecule is N#CCc1cn(Cc2ccc(Cl)cc2)c2ccccc12. The Kier molecular flexibility index (Phi) is 3.45. The van der Waals surface area contributed by atoms with Gasteiger partial charge in [0.1, 0.15) is 0 Å². The highest BCUT2D eigenvalue weighted by atomic mass is 35.5. The second kappa shape index (κ2) is 5.40. The number of nitriles is 1. The van der Waals surface area contributed by atoms with Crippen LogP contribution in [0.3, 0.4) is 0 Å². The van der Waals surface area contributed by atoms with Gasteiger partial charge in [0.25, 0.3) is 0 Å². The van der Waals surface area contributed by atoms with E-state index in [0.29, 0.717) is 6.42 Å². The first-order valence-corrected chi connectivity index (χ1v) is 6.84. The molecule has 98 valence electrons. The molecule has 0 saturated heterocycles. The van der Waals surface area contributed by atoms with E-state index in [0.717, 1.165) is 28.0 Å². The Labute approximate surface area is 122 Å². The van der Waals surface area contributed by atoms with Crippen LogP contribution in [0.2, 0.25) is 5.02 Å². The molecule has 2 nitrogen and oxygen atoms in total. The van der Waals surface area contributed by atoms with Crippen molar-refractivity contribution < 1.29 is 0 Å². The van der Waals surface area contributed by atoms with Crippen molar-refractivity contribution >= 4 is 22.5 Å². The normalized spacial score (nSPS) is 10.6. The van der Waals surface area contributed by atoms with Gasteiger partial charge in [-0.2, -0.15) is 5.26 Å². The quantitative estimate of drug-likeness (QED) is 0.698. The lowest BCUT2D eigenvalue weighted by Gasteiger charge is -2.05. The van der Waals surface area contributed by atoms with Gasteiger partial charge in [-0.1, -0.05) is 41.9 Å². The van der Waals surface area contributed by atoms with Crippen molar-refractivity contribution in [3.05, 3.63) is 70.9 Å². The third kappa shape index (κ3) is 2.41. The average molecular weight is 281 g/mol. The number of halogens is 1. The summed E-state index contributed by atoms with van der Waals surface area (Å²) >= 11 is 5.91. The monoisotopic (exact) mass is 280 g/mol. The number of fused-ring (bicyclic) bond motifs is 1. The van der Waals surface area contributed by atoms with Crippen LogP contribution in [-0.4, -0.2) is 4.57 Å². The highest BCUT2D eigenvalue weighted by molar-refractivity contribution is 6.30. The van der Waals surface area contributed by atoms with E-state index in [4.69, 9.17) is 16.9 Å². The van der Waals surface area contributed by atoms with Crippen molar-refractivity contribution in [1.29, 1.82) is 5.26 Å². The van der Waals surface area contributed by atoms with E-state index in [1.54, 1.807) is 0 Å². The molecule has 0 aliphatic heterocycles. The second-order valence-corrected chi connectivity index (χ2v) is 5.20. The summed E-state index contributed by atoms with van der Waals surface area (Å²) in [6.07, 6.45) is 2.51. The summed E-state index contributed by atoms with van der Waals surface area (Å²) in [6.45, 7) is 0.781. The van der Waals surface area contributed by atoms with Gasteiger partial charge in [0.15, 0.2) is 0 Å². The fraction of sp³-hybridized carbons (Fsp3) is 0.118. The van der Waals surface area contributed by atoms with E-state index in [1.807, 2.05) is 36.4 Å². The molecule has 3 rings (SSSR count). The summed E-state index contributed by atoms with van der Waals surface area (Å²) in [5.74, 6) is 0. The minimum Gasteiger partial charge on any atom is -0.343 e. The van der Waals surface area contributed by atoms with E-state index < -0.39 is 0 Å². The van der Waals surface area contributed by atoms with Crippen LogP contribution >= 0.6 is 11.6 Å². The molecule has 0 radical (unpaired) electrons. The molecule has 0 aliphatic rings. The fourth-order valence-corrected chi connectivity index (χ4v) is 2.59. The predicted molar refractivity (Wildman–Crippen MR) is 81.8 cm³/mol. The van der Waals surface area contributed by atoms with Crippen LogP contribution in [0.4, 0.5) is 0 Å². The van der Waals surface area contributed by atoms with E-state index in [2.05, 4.69) is 29.0 Å². The molecule has 1 heterocycles. The van der Waals surface area contributed by atoms with Crippen LogP contribution in [0, 0.1) is 11.3 Å². The topological polar surface area (TPSA) is 28.7 Å². The molecule has 1 aromatic heterocycles. The van der Waals surface area contributed by atoms with Crippen LogP contribution < -0.4 is 0 Å². The highest BCUT2D eigenvalue weighted by Gasteiger charge is 2.07. The number of rotatable bonds is 3. The molecule has 3 aromatic rings. The minimum atomic E-state index is 0.439. The smallest absolute Gasteiger partial charge is 0.0670 e. The minimum absolute atomic E-state index is 0.439. The molecule has 0 spiro atoms. The Hall–Kier alpha value is -2.24. The molecule has 3 heteroatoms. The van der Waals surface area contributed by atoms with Crippen molar-refractivity contribution in [2.24, 2.45) is 0 Å². The third-order valence-electron chi connectivity index (χ3n) is 3.41. The van der Waals surface area contributed by atoms with Crippen LogP contribution in [0.25, 0.3) is 10.9 Å². The number of para-hydroxylation sites is 1. The second-order valence-electron chi connectivity index (χ2n) is 4.76. The maximum absolute atomic E-state index is 8.93. The zero-order valence-corrected chi connectivity index (χ0v) is 11.6. The van der Waals surface area contributed by atoms with E-state index >= 15 is 0 Å². The van der Waals surface area contributed by atoms with Crippen LogP contribution in [0.5, 0.6) is 0 Å². The zero-order valence-electron chi connectivity index (χ0n) is 10.9. The van der Waals surface area contributed by atoms with Gasteiger partial charge in [0.2, 0.25) is 0 Å². The molecular formula is C17H13ClN2. The average Bonchev–Trinajstić information content (AvgIpc) is 2.81. The van der Waals surface area contributed by atoms with Gasteiger partial charge in [-0.3, -0.25) is 0 Å². The number of nitrogens with zero attached hydrogens (tertiary/aromatic N) is 2. The van der Waals surface area contributed by atoms with Gasteiger partial charge in [-0.25, -0.2) is 0 Å². The Morgan fingerprint density at radius 3 is 2.55 bits per heavy atom. The number of benzene rings is 2. The van der Waals surface area contributed by atoms with Crippen molar-refractivity contribution in [3.63, 3.8) is 0 Å². The van der Waals surface area contributed by atoms with Crippen molar-refractivity contribution in [2.75, 3.05) is 0 Å². The maximum Gasteiger partial charge on any atom is 0.0670 e. The first-order valence-electron chi connectivity index (χ1n) is 6.46. The van der Waals surface area contributed by atoms with Gasteiger partial charge in [0.05, 0.1) is 12.5 Å². The first-order chi connectivity index (χ1) is 9.78. The standard InChI is InChI=1S/C17H13ClN2/c18-15-7-5-13(6-8-15)11-20-12-14(9-10-19)16-3-1-2-4-17(16)20/h1-8,12H,9,11H2. The lowest BCUT2D eigenvalue weighted by Crippen LogP contribution is -1.97. The van der Waals surface area contributed by atoms with Crippen molar-refractivity contribution in [2.45, 2.75) is 13.0 Å². The van der Waals surface area contributed by atoms with Gasteiger partial charge in [-0.15, -0.1) is 0 Å². The number of aromatic nitrogens is 1. The molecule has 0 atom stereocenters. The molecule has 0 aliphatic carbocycles. The molecular weight excluding hydrogens is 268 g/mol. The number of hydrogen-bond donors (Lipinski definition) is 0. The summed E-state index contributed by atoms with van der Waals surface area (Å²) in [5, 5.41) is 10.8. The van der Waals surface area contributed by atoms with Crippen molar-refractivity contribution in [1.82, 2.24) is 4.57 Å². The fourth-order valence-electron chi connectivity index (χ4n) is 2.47. The Morgan fingerprint density at radius 1 is 1.05 bits per heavy atom.